The molecule has 0 saturated heterocycles. The van der Waals surface area contributed by atoms with E-state index in [0.29, 0.717) is 0 Å². The SMILES string of the molecule is C=CC[CH-]CCCC.C=CC[CH-]CCCC.O=P(O)(O)S.OP(O)(O)=S.[Zn+2]. The molecule has 6 nitrogen and oxygen atoms in total. The number of hydrogen-bond acceptors (Lipinski definition) is 2. The third kappa shape index (κ3) is 138. The molecule has 11 heteroatoms. The molecule has 0 heterocycles. The number of allylic oxidation sites excluding steroid dienone is 2. The van der Waals surface area contributed by atoms with E-state index >= 15 is 0 Å². The van der Waals surface area contributed by atoms with E-state index in [-0.39, 0.29) is 19.5 Å². The quantitative estimate of drug-likeness (QED) is 0.0597. The van der Waals surface area contributed by atoms with E-state index in [1.807, 2.05) is 12.2 Å². The Morgan fingerprint density at radius 3 is 1.30 bits per heavy atom. The molecule has 0 aromatic carbocycles. The standard InChI is InChI=1S/2C8H15.2H3O3PS.Zn/c2*1-3-5-7-8-6-4-2;2*1-4(2,3)5;/h2*3,7H,1,4-6,8H2,2H3;2*(H3,1,2,3,5);/q2*-1;;;+2. The average molecular weight is 516 g/mol. The van der Waals surface area contributed by atoms with Crippen molar-refractivity contribution in [3.8, 4) is 0 Å². The van der Waals surface area contributed by atoms with Crippen LogP contribution in [0.15, 0.2) is 25.3 Å². The van der Waals surface area contributed by atoms with Crippen molar-refractivity contribution in [3.05, 3.63) is 38.2 Å². The minimum atomic E-state index is -3.94. The summed E-state index contributed by atoms with van der Waals surface area (Å²) in [6.07, 6.45) is 18.3. The van der Waals surface area contributed by atoms with Gasteiger partial charge in [-0.25, -0.2) is 4.57 Å². The van der Waals surface area contributed by atoms with Gasteiger partial charge in [-0.2, -0.15) is 25.7 Å². The zero-order valence-corrected chi connectivity index (χ0v) is 22.9. The first kappa shape index (κ1) is 38.7. The molecule has 0 aliphatic rings. The normalized spacial score (nSPS) is 9.78. The molecule has 160 valence electrons. The van der Waals surface area contributed by atoms with Crippen LogP contribution in [0.2, 0.25) is 0 Å². The van der Waals surface area contributed by atoms with Crippen LogP contribution in [0.1, 0.15) is 65.2 Å². The van der Waals surface area contributed by atoms with Gasteiger partial charge in [0.25, 0.3) is 0 Å². The van der Waals surface area contributed by atoms with Crippen LogP contribution in [0.3, 0.4) is 0 Å². The monoisotopic (exact) mass is 514 g/mol. The van der Waals surface area contributed by atoms with Crippen LogP contribution >= 0.6 is 25.8 Å². The molecule has 0 aliphatic carbocycles. The van der Waals surface area contributed by atoms with Crippen LogP contribution in [0.25, 0.3) is 0 Å². The fourth-order valence-corrected chi connectivity index (χ4v) is 1.17. The van der Waals surface area contributed by atoms with Gasteiger partial charge in [0, 0.05) is 0 Å². The van der Waals surface area contributed by atoms with Gasteiger partial charge in [0.1, 0.15) is 0 Å². The topological polar surface area (TPSA) is 118 Å². The minimum absolute atomic E-state index is 0. The van der Waals surface area contributed by atoms with Gasteiger partial charge in [-0.05, 0) is 11.8 Å². The molecular weight excluding hydrogens is 480 g/mol. The van der Waals surface area contributed by atoms with E-state index in [4.69, 9.17) is 24.5 Å². The van der Waals surface area contributed by atoms with E-state index < -0.39 is 13.5 Å². The van der Waals surface area contributed by atoms with Crippen molar-refractivity contribution in [3.63, 3.8) is 0 Å². The first-order valence-electron chi connectivity index (χ1n) is 8.25. The summed E-state index contributed by atoms with van der Waals surface area (Å²) in [6.45, 7) is 3.92. The fraction of sp³-hybridized carbons (Fsp3) is 0.625. The molecule has 0 radical (unpaired) electrons. The molecule has 0 spiro atoms. The summed E-state index contributed by atoms with van der Waals surface area (Å²) in [6, 6.07) is 0. The number of rotatable bonds is 10. The summed E-state index contributed by atoms with van der Waals surface area (Å²) >= 11 is 6.39. The molecule has 5 N–H and O–H groups in total. The van der Waals surface area contributed by atoms with Crippen molar-refractivity contribution in [1.82, 2.24) is 0 Å². The van der Waals surface area contributed by atoms with Crippen LogP contribution in [-0.2, 0) is 35.8 Å². The minimum Gasteiger partial charge on any atom is -0.325 e. The summed E-state index contributed by atoms with van der Waals surface area (Å²) in [4.78, 5) is 37.7. The van der Waals surface area contributed by atoms with Crippen molar-refractivity contribution >= 4 is 37.6 Å². The second kappa shape index (κ2) is 29.3. The number of thiol groups is 1. The van der Waals surface area contributed by atoms with Crippen molar-refractivity contribution in [2.24, 2.45) is 0 Å². The van der Waals surface area contributed by atoms with E-state index in [0.717, 1.165) is 12.8 Å². The first-order chi connectivity index (χ1) is 11.8. The van der Waals surface area contributed by atoms with Crippen LogP contribution in [0.5, 0.6) is 0 Å². The maximum absolute atomic E-state index is 9.19. The zero-order valence-electron chi connectivity index (χ0n) is 16.5. The van der Waals surface area contributed by atoms with Gasteiger partial charge in [-0.3, -0.25) is 0 Å². The zero-order chi connectivity index (χ0) is 21.5. The molecule has 0 aromatic rings. The van der Waals surface area contributed by atoms with Gasteiger partial charge < -0.3 is 37.3 Å². The van der Waals surface area contributed by atoms with Gasteiger partial charge >= 0.3 is 33.0 Å². The molecule has 0 aliphatic heterocycles. The Bertz CT molecular complexity index is 337. The molecule has 0 rings (SSSR count). The van der Waals surface area contributed by atoms with Crippen molar-refractivity contribution < 1.29 is 48.5 Å². The number of unbranched alkanes of at least 4 members (excludes halogenated alkanes) is 8. The summed E-state index contributed by atoms with van der Waals surface area (Å²) in [7, 11) is 0. The number of hydrogen-bond donors (Lipinski definition) is 6. The Hall–Kier alpha value is 1.13. The maximum atomic E-state index is 9.19. The second-order valence-corrected chi connectivity index (χ2v) is 10.0. The Labute approximate surface area is 188 Å². The Morgan fingerprint density at radius 2 is 1.15 bits per heavy atom. The van der Waals surface area contributed by atoms with Gasteiger partial charge in [0.2, 0.25) is 0 Å². The maximum Gasteiger partial charge on any atom is 2.00 e. The van der Waals surface area contributed by atoms with Gasteiger partial charge in [-0.1, -0.05) is 51.8 Å². The van der Waals surface area contributed by atoms with Crippen LogP contribution in [-0.4, -0.2) is 24.5 Å². The second-order valence-electron chi connectivity index (χ2n) is 4.94. The average Bonchev–Trinajstić information content (AvgIpc) is 2.46. The summed E-state index contributed by atoms with van der Waals surface area (Å²) < 4.78 is 9.19. The molecule has 0 amide bonds. The van der Waals surface area contributed by atoms with Gasteiger partial charge in [-0.15, -0.1) is 25.3 Å². The molecule has 0 bridgehead atoms. The fourth-order valence-electron chi connectivity index (χ4n) is 1.17. The molecular formula is C16H36O6P2S2Zn. The molecule has 0 atom stereocenters. The molecule has 0 unspecified atom stereocenters. The van der Waals surface area contributed by atoms with Crippen molar-refractivity contribution in [2.45, 2.75) is 65.2 Å². The van der Waals surface area contributed by atoms with Gasteiger partial charge in [0.05, 0.1) is 0 Å². The van der Waals surface area contributed by atoms with E-state index in [9.17, 15) is 4.57 Å². The van der Waals surface area contributed by atoms with Crippen molar-refractivity contribution in [1.29, 1.82) is 0 Å². The molecule has 0 saturated carbocycles. The summed E-state index contributed by atoms with van der Waals surface area (Å²) in [5.74, 6) is 0. The van der Waals surface area contributed by atoms with E-state index in [1.165, 1.54) is 38.5 Å². The van der Waals surface area contributed by atoms with Crippen molar-refractivity contribution in [2.75, 3.05) is 0 Å². The Kier molecular flexibility index (Phi) is 42.1. The summed E-state index contributed by atoms with van der Waals surface area (Å²) in [5, 5.41) is 0. The smallest absolute Gasteiger partial charge is 0.325 e. The first-order valence-corrected chi connectivity index (χ1v) is 13.7. The summed E-state index contributed by atoms with van der Waals surface area (Å²) in [5.41, 5.74) is 0. The molecule has 0 aromatic heterocycles. The molecule has 27 heavy (non-hydrogen) atoms. The molecule has 0 fully saturated rings. The predicted molar refractivity (Wildman–Crippen MR) is 119 cm³/mol. The van der Waals surface area contributed by atoms with Gasteiger partial charge in [0.15, 0.2) is 0 Å². The Balaban J connectivity index is -0.0000000807. The van der Waals surface area contributed by atoms with Crippen LogP contribution in [0, 0.1) is 12.8 Å². The predicted octanol–water partition coefficient (Wildman–Crippen LogP) is 5.11. The van der Waals surface area contributed by atoms with E-state index in [2.05, 4.69) is 63.9 Å². The Morgan fingerprint density at radius 1 is 0.926 bits per heavy atom. The van der Waals surface area contributed by atoms with E-state index in [1.54, 1.807) is 0 Å². The van der Waals surface area contributed by atoms with Crippen LogP contribution in [0.4, 0.5) is 0 Å². The van der Waals surface area contributed by atoms with Crippen LogP contribution < -0.4 is 0 Å². The largest absolute Gasteiger partial charge is 2.00 e. The third-order valence-electron chi connectivity index (χ3n) is 2.19. The third-order valence-corrected chi connectivity index (χ3v) is 2.19.